The lowest BCUT2D eigenvalue weighted by molar-refractivity contribution is 0.174. The molecule has 5 heteroatoms. The summed E-state index contributed by atoms with van der Waals surface area (Å²) < 4.78 is 10.6. The molecule has 0 atom stereocenters. The molecule has 0 amide bonds. The molecule has 0 unspecified atom stereocenters. The Morgan fingerprint density at radius 3 is 2.53 bits per heavy atom. The van der Waals surface area contributed by atoms with Crippen LogP contribution in [0, 0.1) is 0 Å². The molecular weight excluding hydrogens is 285 g/mol. The summed E-state index contributed by atoms with van der Waals surface area (Å²) in [4.78, 5) is 0. The monoisotopic (exact) mass is 295 g/mol. The quantitative estimate of drug-likeness (QED) is 0.914. The van der Waals surface area contributed by atoms with E-state index in [1.807, 2.05) is 24.3 Å². The van der Waals surface area contributed by atoms with E-state index in [2.05, 4.69) is 5.32 Å². The van der Waals surface area contributed by atoms with Crippen LogP contribution in [0.3, 0.4) is 0 Å². The van der Waals surface area contributed by atoms with Crippen molar-refractivity contribution in [1.29, 1.82) is 0 Å². The van der Waals surface area contributed by atoms with Gasteiger partial charge in [-0.25, -0.2) is 0 Å². The van der Waals surface area contributed by atoms with Gasteiger partial charge < -0.3 is 14.8 Å². The predicted octanol–water partition coefficient (Wildman–Crippen LogP) is 4.33. The third-order valence-electron chi connectivity index (χ3n) is 2.87. The van der Waals surface area contributed by atoms with Crippen LogP contribution in [0.1, 0.15) is 5.56 Å². The van der Waals surface area contributed by atoms with Crippen molar-refractivity contribution in [2.45, 2.75) is 6.54 Å². The SMILES string of the molecule is Clc1cccc(Cl)c1NCc1ccc2c(c1)OCO2. The number of nitrogens with one attached hydrogen (secondary N) is 1. The molecule has 3 nitrogen and oxygen atoms in total. The maximum atomic E-state index is 6.10. The van der Waals surface area contributed by atoms with Crippen molar-refractivity contribution in [3.05, 3.63) is 52.0 Å². The zero-order valence-electron chi connectivity index (χ0n) is 9.95. The Kier molecular flexibility index (Phi) is 3.40. The first-order chi connectivity index (χ1) is 9.24. The number of hydrogen-bond donors (Lipinski definition) is 1. The summed E-state index contributed by atoms with van der Waals surface area (Å²) in [6, 6.07) is 11.2. The number of anilines is 1. The summed E-state index contributed by atoms with van der Waals surface area (Å²) >= 11 is 12.2. The lowest BCUT2D eigenvalue weighted by Crippen LogP contribution is -2.00. The Balaban J connectivity index is 1.76. The number of ether oxygens (including phenoxy) is 2. The second-order valence-electron chi connectivity index (χ2n) is 4.14. The Morgan fingerprint density at radius 2 is 1.74 bits per heavy atom. The third kappa shape index (κ3) is 2.57. The zero-order chi connectivity index (χ0) is 13.2. The molecule has 1 N–H and O–H groups in total. The minimum Gasteiger partial charge on any atom is -0.454 e. The van der Waals surface area contributed by atoms with Crippen LogP contribution < -0.4 is 14.8 Å². The fourth-order valence-electron chi connectivity index (χ4n) is 1.91. The molecule has 1 aliphatic heterocycles. The Labute approximate surface area is 121 Å². The second kappa shape index (κ2) is 5.19. The van der Waals surface area contributed by atoms with Gasteiger partial charge in [0.15, 0.2) is 11.5 Å². The molecule has 1 aliphatic rings. The minimum atomic E-state index is 0.280. The molecule has 0 aromatic heterocycles. The third-order valence-corrected chi connectivity index (χ3v) is 3.50. The topological polar surface area (TPSA) is 30.5 Å². The number of hydrogen-bond acceptors (Lipinski definition) is 3. The molecule has 2 aromatic carbocycles. The average Bonchev–Trinajstić information content (AvgIpc) is 2.85. The van der Waals surface area contributed by atoms with Crippen LogP contribution in [0.4, 0.5) is 5.69 Å². The van der Waals surface area contributed by atoms with Gasteiger partial charge in [0.2, 0.25) is 6.79 Å². The molecule has 0 bridgehead atoms. The van der Waals surface area contributed by atoms with E-state index in [0.717, 1.165) is 22.7 Å². The van der Waals surface area contributed by atoms with E-state index in [9.17, 15) is 0 Å². The fraction of sp³-hybridized carbons (Fsp3) is 0.143. The van der Waals surface area contributed by atoms with Crippen LogP contribution in [0.5, 0.6) is 11.5 Å². The molecule has 0 spiro atoms. The van der Waals surface area contributed by atoms with Crippen molar-refractivity contribution in [2.75, 3.05) is 12.1 Å². The maximum absolute atomic E-state index is 6.10. The molecule has 3 rings (SSSR count). The molecule has 0 radical (unpaired) electrons. The number of halogens is 2. The summed E-state index contributed by atoms with van der Waals surface area (Å²) in [6.07, 6.45) is 0. The van der Waals surface area contributed by atoms with Crippen molar-refractivity contribution in [2.24, 2.45) is 0 Å². The number of para-hydroxylation sites is 1. The highest BCUT2D eigenvalue weighted by atomic mass is 35.5. The number of rotatable bonds is 3. The Hall–Kier alpha value is -1.58. The minimum absolute atomic E-state index is 0.280. The van der Waals surface area contributed by atoms with Crippen molar-refractivity contribution in [3.8, 4) is 11.5 Å². The largest absolute Gasteiger partial charge is 0.454 e. The molecule has 19 heavy (non-hydrogen) atoms. The first-order valence-corrected chi connectivity index (χ1v) is 6.56. The van der Waals surface area contributed by atoms with Crippen molar-refractivity contribution >= 4 is 28.9 Å². The van der Waals surface area contributed by atoms with Gasteiger partial charge in [-0.1, -0.05) is 35.3 Å². The fourth-order valence-corrected chi connectivity index (χ4v) is 2.44. The van der Waals surface area contributed by atoms with Gasteiger partial charge in [0.1, 0.15) is 0 Å². The van der Waals surface area contributed by atoms with Gasteiger partial charge in [-0.15, -0.1) is 0 Å². The summed E-state index contributed by atoms with van der Waals surface area (Å²) in [5, 5.41) is 4.44. The highest BCUT2D eigenvalue weighted by Crippen LogP contribution is 2.34. The first-order valence-electron chi connectivity index (χ1n) is 5.80. The van der Waals surface area contributed by atoms with E-state index in [4.69, 9.17) is 32.7 Å². The van der Waals surface area contributed by atoms with Crippen LogP contribution in [0.15, 0.2) is 36.4 Å². The van der Waals surface area contributed by atoms with E-state index >= 15 is 0 Å². The normalized spacial score (nSPS) is 12.5. The van der Waals surface area contributed by atoms with Crippen LogP contribution in [0.2, 0.25) is 10.0 Å². The van der Waals surface area contributed by atoms with Crippen LogP contribution in [0.25, 0.3) is 0 Å². The molecule has 0 aliphatic carbocycles. The highest BCUT2D eigenvalue weighted by molar-refractivity contribution is 6.39. The van der Waals surface area contributed by atoms with Gasteiger partial charge in [0.05, 0.1) is 15.7 Å². The van der Waals surface area contributed by atoms with E-state index < -0.39 is 0 Å². The molecule has 1 heterocycles. The van der Waals surface area contributed by atoms with Gasteiger partial charge in [-0.2, -0.15) is 0 Å². The summed E-state index contributed by atoms with van der Waals surface area (Å²) in [6.45, 7) is 0.892. The number of benzene rings is 2. The van der Waals surface area contributed by atoms with Gasteiger partial charge in [-0.3, -0.25) is 0 Å². The molecule has 0 fully saturated rings. The molecule has 0 saturated heterocycles. The van der Waals surface area contributed by atoms with Gasteiger partial charge in [0.25, 0.3) is 0 Å². The van der Waals surface area contributed by atoms with Gasteiger partial charge in [-0.05, 0) is 29.8 Å². The standard InChI is InChI=1S/C14H11Cl2NO2/c15-10-2-1-3-11(16)14(10)17-7-9-4-5-12-13(6-9)19-8-18-12/h1-6,17H,7-8H2. The van der Waals surface area contributed by atoms with Crippen LogP contribution in [-0.2, 0) is 6.54 Å². The van der Waals surface area contributed by atoms with Crippen LogP contribution in [-0.4, -0.2) is 6.79 Å². The van der Waals surface area contributed by atoms with Crippen LogP contribution >= 0.6 is 23.2 Å². The molecular formula is C14H11Cl2NO2. The summed E-state index contributed by atoms with van der Waals surface area (Å²) in [5.74, 6) is 1.55. The molecule has 98 valence electrons. The molecule has 2 aromatic rings. The first kappa shape index (κ1) is 12.5. The Bertz CT molecular complexity index is 596. The van der Waals surface area contributed by atoms with E-state index in [1.54, 1.807) is 12.1 Å². The highest BCUT2D eigenvalue weighted by Gasteiger charge is 2.13. The smallest absolute Gasteiger partial charge is 0.231 e. The van der Waals surface area contributed by atoms with Gasteiger partial charge in [0, 0.05) is 6.54 Å². The average molecular weight is 296 g/mol. The van der Waals surface area contributed by atoms with Gasteiger partial charge >= 0.3 is 0 Å². The summed E-state index contributed by atoms with van der Waals surface area (Å²) in [7, 11) is 0. The Morgan fingerprint density at radius 1 is 1.00 bits per heavy atom. The van der Waals surface area contributed by atoms with Crippen molar-refractivity contribution in [1.82, 2.24) is 0 Å². The van der Waals surface area contributed by atoms with Crippen molar-refractivity contribution in [3.63, 3.8) is 0 Å². The lowest BCUT2D eigenvalue weighted by Gasteiger charge is -2.10. The predicted molar refractivity (Wildman–Crippen MR) is 76.4 cm³/mol. The zero-order valence-corrected chi connectivity index (χ0v) is 11.5. The van der Waals surface area contributed by atoms with E-state index in [1.165, 1.54) is 0 Å². The van der Waals surface area contributed by atoms with E-state index in [-0.39, 0.29) is 6.79 Å². The maximum Gasteiger partial charge on any atom is 0.231 e. The van der Waals surface area contributed by atoms with Crippen molar-refractivity contribution < 1.29 is 9.47 Å². The summed E-state index contributed by atoms with van der Waals surface area (Å²) in [5.41, 5.74) is 1.81. The number of fused-ring (bicyclic) bond motifs is 1. The second-order valence-corrected chi connectivity index (χ2v) is 4.95. The van der Waals surface area contributed by atoms with E-state index in [0.29, 0.717) is 16.6 Å². The molecule has 0 saturated carbocycles. The lowest BCUT2D eigenvalue weighted by atomic mass is 10.2.